The quantitative estimate of drug-likeness (QED) is 0.353. The molecule has 1 amide bonds. The fourth-order valence-corrected chi connectivity index (χ4v) is 0.458. The summed E-state index contributed by atoms with van der Waals surface area (Å²) in [4.78, 5) is 24.0. The van der Waals surface area contributed by atoms with Crippen LogP contribution in [-0.2, 0) is 14.4 Å². The summed E-state index contributed by atoms with van der Waals surface area (Å²) in [5.74, 6) is -0.128. The molecule has 1 rings (SSSR count). The molecule has 1 heterocycles. The molecule has 4 nitrogen and oxygen atoms in total. The third-order valence-corrected chi connectivity index (χ3v) is 0.977. The second-order valence-corrected chi connectivity index (χ2v) is 1.45. The van der Waals surface area contributed by atoms with Crippen LogP contribution in [-0.4, -0.2) is 24.0 Å². The molecular weight excluding hydrogens is 110 g/mol. The minimum absolute atomic E-state index is 0.128. The Morgan fingerprint density at radius 1 is 1.75 bits per heavy atom. The van der Waals surface area contributed by atoms with Gasteiger partial charge in [0.2, 0.25) is 0 Å². The average molecular weight is 115 g/mol. The van der Waals surface area contributed by atoms with Crippen LogP contribution in [0.4, 0.5) is 0 Å². The number of nitrogens with zero attached hydrogens (tertiary/aromatic N) is 1. The lowest BCUT2D eigenvalue weighted by Gasteiger charge is -2.25. The summed E-state index contributed by atoms with van der Waals surface area (Å²) in [5, 5.41) is 1.02. The maximum Gasteiger partial charge on any atom is 0.320 e. The first kappa shape index (κ1) is 5.08. The summed E-state index contributed by atoms with van der Waals surface area (Å²) in [7, 11) is 0. The molecule has 8 heavy (non-hydrogen) atoms. The van der Waals surface area contributed by atoms with Crippen LogP contribution in [0.15, 0.2) is 0 Å². The van der Waals surface area contributed by atoms with Crippen LogP contribution < -0.4 is 0 Å². The number of carbonyl (C=O) groups is 2. The highest BCUT2D eigenvalue weighted by atomic mass is 16.7. The van der Waals surface area contributed by atoms with Crippen molar-refractivity contribution in [3.8, 4) is 0 Å². The summed E-state index contributed by atoms with van der Waals surface area (Å²) in [5.41, 5.74) is 0. The van der Waals surface area contributed by atoms with Gasteiger partial charge >= 0.3 is 6.47 Å². The van der Waals surface area contributed by atoms with Gasteiger partial charge in [-0.15, -0.1) is 0 Å². The SMILES string of the molecule is O=CON1CCC1=O. The predicted octanol–water partition coefficient (Wildman–Crippen LogP) is -0.693. The zero-order chi connectivity index (χ0) is 5.98. The molecule has 0 spiro atoms. The van der Waals surface area contributed by atoms with Crippen molar-refractivity contribution in [3.05, 3.63) is 0 Å². The van der Waals surface area contributed by atoms with Crippen LogP contribution in [0.5, 0.6) is 0 Å². The van der Waals surface area contributed by atoms with Gasteiger partial charge in [0.1, 0.15) is 0 Å². The van der Waals surface area contributed by atoms with E-state index >= 15 is 0 Å². The van der Waals surface area contributed by atoms with E-state index in [1.807, 2.05) is 0 Å². The highest BCUT2D eigenvalue weighted by Crippen LogP contribution is 2.06. The molecule has 0 aliphatic carbocycles. The Morgan fingerprint density at radius 3 is 2.62 bits per heavy atom. The monoisotopic (exact) mass is 115 g/mol. The van der Waals surface area contributed by atoms with Crippen molar-refractivity contribution in [2.24, 2.45) is 0 Å². The Kier molecular flexibility index (Phi) is 1.15. The Balaban J connectivity index is 2.26. The van der Waals surface area contributed by atoms with E-state index in [-0.39, 0.29) is 12.4 Å². The molecule has 0 aromatic carbocycles. The summed E-state index contributed by atoms with van der Waals surface area (Å²) < 4.78 is 0. The van der Waals surface area contributed by atoms with Gasteiger partial charge in [-0.25, -0.2) is 0 Å². The van der Waals surface area contributed by atoms with Crippen LogP contribution in [0.1, 0.15) is 6.42 Å². The van der Waals surface area contributed by atoms with Gasteiger partial charge < -0.3 is 4.84 Å². The summed E-state index contributed by atoms with van der Waals surface area (Å²) in [6.45, 7) is 0.786. The van der Waals surface area contributed by atoms with E-state index in [4.69, 9.17) is 0 Å². The largest absolute Gasteiger partial charge is 0.342 e. The van der Waals surface area contributed by atoms with Crippen LogP contribution in [0.3, 0.4) is 0 Å². The maximum absolute atomic E-state index is 10.3. The number of β-lactam (4-membered cyclic amide) rings is 1. The first-order chi connectivity index (χ1) is 3.84. The molecule has 0 aromatic rings. The van der Waals surface area contributed by atoms with Gasteiger partial charge in [-0.05, 0) is 0 Å². The van der Waals surface area contributed by atoms with E-state index in [9.17, 15) is 9.59 Å². The maximum atomic E-state index is 10.3. The van der Waals surface area contributed by atoms with Crippen molar-refractivity contribution < 1.29 is 14.4 Å². The molecule has 0 saturated carbocycles. The van der Waals surface area contributed by atoms with Gasteiger partial charge in [0.25, 0.3) is 5.91 Å². The zero-order valence-electron chi connectivity index (χ0n) is 4.16. The third-order valence-electron chi connectivity index (χ3n) is 0.977. The first-order valence-electron chi connectivity index (χ1n) is 2.25. The molecule has 4 heteroatoms. The van der Waals surface area contributed by atoms with Crippen molar-refractivity contribution in [1.82, 2.24) is 5.06 Å². The molecule has 44 valence electrons. The summed E-state index contributed by atoms with van der Waals surface area (Å²) in [6, 6.07) is 0. The van der Waals surface area contributed by atoms with E-state index in [0.717, 1.165) is 5.06 Å². The van der Waals surface area contributed by atoms with Gasteiger partial charge in [0, 0.05) is 0 Å². The predicted molar refractivity (Wildman–Crippen MR) is 23.5 cm³/mol. The molecule has 0 aromatic heterocycles. The molecule has 1 aliphatic rings. The number of hydrogen-bond donors (Lipinski definition) is 0. The summed E-state index contributed by atoms with van der Waals surface area (Å²) >= 11 is 0. The Labute approximate surface area is 46.0 Å². The molecule has 0 radical (unpaired) electrons. The van der Waals surface area contributed by atoms with E-state index in [2.05, 4.69) is 4.84 Å². The van der Waals surface area contributed by atoms with Gasteiger partial charge in [-0.3, -0.25) is 9.59 Å². The molecule has 0 atom stereocenters. The highest BCUT2D eigenvalue weighted by Gasteiger charge is 2.24. The van der Waals surface area contributed by atoms with Gasteiger partial charge in [-0.1, -0.05) is 0 Å². The van der Waals surface area contributed by atoms with Gasteiger partial charge in [0.15, 0.2) is 0 Å². The van der Waals surface area contributed by atoms with E-state index in [1.54, 1.807) is 0 Å². The molecule has 0 N–H and O–H groups in total. The second-order valence-electron chi connectivity index (χ2n) is 1.45. The lowest BCUT2D eigenvalue weighted by Crippen LogP contribution is -2.42. The lowest BCUT2D eigenvalue weighted by atomic mass is 10.3. The number of amides is 1. The average Bonchev–Trinajstić information content (AvgIpc) is 1.79. The third kappa shape index (κ3) is 0.641. The Hall–Kier alpha value is -1.06. The van der Waals surface area contributed by atoms with E-state index in [1.165, 1.54) is 0 Å². The number of hydroxylamine groups is 2. The number of rotatable bonds is 2. The van der Waals surface area contributed by atoms with Crippen LogP contribution in [0, 0.1) is 0 Å². The fourth-order valence-electron chi connectivity index (χ4n) is 0.458. The van der Waals surface area contributed by atoms with E-state index < -0.39 is 0 Å². The normalized spacial score (nSPS) is 17.5. The van der Waals surface area contributed by atoms with Gasteiger partial charge in [-0.2, -0.15) is 5.06 Å². The molecular formula is C4H5NO3. The van der Waals surface area contributed by atoms with Crippen molar-refractivity contribution >= 4 is 12.4 Å². The van der Waals surface area contributed by atoms with Gasteiger partial charge in [0.05, 0.1) is 13.0 Å². The molecule has 0 bridgehead atoms. The fraction of sp³-hybridized carbons (Fsp3) is 0.500. The summed E-state index contributed by atoms with van der Waals surface area (Å²) in [6.07, 6.45) is 0.494. The van der Waals surface area contributed by atoms with Crippen LogP contribution >= 0.6 is 0 Å². The van der Waals surface area contributed by atoms with Crippen molar-refractivity contribution in [1.29, 1.82) is 0 Å². The number of carbonyl (C=O) groups excluding carboxylic acids is 2. The molecule has 1 saturated heterocycles. The van der Waals surface area contributed by atoms with Crippen molar-refractivity contribution in [2.45, 2.75) is 6.42 Å². The zero-order valence-corrected chi connectivity index (χ0v) is 4.16. The minimum Gasteiger partial charge on any atom is -0.342 e. The second kappa shape index (κ2) is 1.81. The van der Waals surface area contributed by atoms with E-state index in [0.29, 0.717) is 13.0 Å². The molecule has 1 fully saturated rings. The van der Waals surface area contributed by atoms with Crippen molar-refractivity contribution in [2.75, 3.05) is 6.54 Å². The van der Waals surface area contributed by atoms with Crippen molar-refractivity contribution in [3.63, 3.8) is 0 Å². The standard InChI is InChI=1S/C4H5NO3/c6-3-8-5-2-1-4(5)7/h3H,1-2H2. The Bertz CT molecular complexity index is 122. The minimum atomic E-state index is -0.128. The molecule has 0 unspecified atom stereocenters. The number of hydrogen-bond acceptors (Lipinski definition) is 3. The smallest absolute Gasteiger partial charge is 0.320 e. The van der Waals surface area contributed by atoms with Crippen LogP contribution in [0.25, 0.3) is 0 Å². The molecule has 1 aliphatic heterocycles. The Morgan fingerprint density at radius 2 is 2.50 bits per heavy atom. The lowest BCUT2D eigenvalue weighted by molar-refractivity contribution is -0.201. The topological polar surface area (TPSA) is 46.6 Å². The first-order valence-corrected chi connectivity index (χ1v) is 2.25. The highest BCUT2D eigenvalue weighted by molar-refractivity contribution is 5.80. The van der Waals surface area contributed by atoms with Crippen LogP contribution in [0.2, 0.25) is 0 Å².